The van der Waals surface area contributed by atoms with E-state index in [0.717, 1.165) is 10.4 Å². The molecule has 2 N–H and O–H groups in total. The second kappa shape index (κ2) is 9.29. The molecule has 0 bridgehead atoms. The maximum absolute atomic E-state index is 12.9. The zero-order chi connectivity index (χ0) is 20.8. The summed E-state index contributed by atoms with van der Waals surface area (Å²) in [7, 11) is 1.56. The topological polar surface area (TPSA) is 93.1 Å². The number of nitrogens with zero attached hydrogens (tertiary/aromatic N) is 2. The third-order valence-electron chi connectivity index (χ3n) is 4.47. The van der Waals surface area contributed by atoms with Gasteiger partial charge in [-0.1, -0.05) is 30.3 Å². The molecule has 0 fully saturated rings. The van der Waals surface area contributed by atoms with Crippen molar-refractivity contribution in [2.45, 2.75) is 26.3 Å². The molecule has 0 radical (unpaired) electrons. The van der Waals surface area contributed by atoms with Gasteiger partial charge in [0.25, 0.3) is 11.5 Å². The predicted octanol–water partition coefficient (Wildman–Crippen LogP) is 2.40. The fourth-order valence-corrected chi connectivity index (χ4v) is 3.67. The number of thiazole rings is 1. The highest BCUT2D eigenvalue weighted by molar-refractivity contribution is 7.15. The molecule has 2 amide bonds. The number of amides is 2. The van der Waals surface area contributed by atoms with Gasteiger partial charge in [0.05, 0.1) is 6.42 Å². The van der Waals surface area contributed by atoms with E-state index in [1.807, 2.05) is 30.3 Å². The number of aromatic nitrogens is 2. The fraction of sp³-hybridized carbons (Fsp3) is 0.238. The van der Waals surface area contributed by atoms with E-state index >= 15 is 0 Å². The molecule has 0 aliphatic rings. The van der Waals surface area contributed by atoms with Gasteiger partial charge in [0, 0.05) is 30.9 Å². The van der Waals surface area contributed by atoms with Gasteiger partial charge < -0.3 is 9.88 Å². The molecule has 3 rings (SSSR count). The number of anilines is 1. The lowest BCUT2D eigenvalue weighted by molar-refractivity contribution is -0.119. The highest BCUT2D eigenvalue weighted by Gasteiger charge is 2.17. The molecule has 29 heavy (non-hydrogen) atoms. The standard InChI is InChI=1S/C21H22N4O3S/c1-14-8-10-25(11-9-15-6-4-3-5-7-15)20(28)18(14)19(27)24-21-23-13-16(29-21)12-17(26)22-2/h3-8,10,13H,9,11-12H2,1-2H3,(H,22,26)(H,23,24,27). The first kappa shape index (κ1) is 20.5. The largest absolute Gasteiger partial charge is 0.359 e. The lowest BCUT2D eigenvalue weighted by Crippen LogP contribution is -2.30. The van der Waals surface area contributed by atoms with Gasteiger partial charge in [0.15, 0.2) is 5.13 Å². The zero-order valence-electron chi connectivity index (χ0n) is 16.3. The predicted molar refractivity (Wildman–Crippen MR) is 113 cm³/mol. The molecule has 0 atom stereocenters. The SMILES string of the molecule is CNC(=O)Cc1cnc(NC(=O)c2c(C)ccn(CCc3ccccc3)c2=O)s1. The van der Waals surface area contributed by atoms with Crippen LogP contribution in [0.2, 0.25) is 0 Å². The first-order valence-electron chi connectivity index (χ1n) is 9.18. The van der Waals surface area contributed by atoms with Gasteiger partial charge in [0.2, 0.25) is 5.91 Å². The monoisotopic (exact) mass is 410 g/mol. The van der Waals surface area contributed by atoms with Gasteiger partial charge in [-0.05, 0) is 30.5 Å². The van der Waals surface area contributed by atoms with Crippen LogP contribution >= 0.6 is 11.3 Å². The van der Waals surface area contributed by atoms with Crippen LogP contribution in [-0.2, 0) is 24.2 Å². The number of pyridine rings is 1. The Morgan fingerprint density at radius 3 is 2.66 bits per heavy atom. The van der Waals surface area contributed by atoms with Gasteiger partial charge in [-0.2, -0.15) is 0 Å². The minimum absolute atomic E-state index is 0.101. The minimum atomic E-state index is -0.498. The summed E-state index contributed by atoms with van der Waals surface area (Å²) < 4.78 is 1.55. The Morgan fingerprint density at radius 1 is 1.17 bits per heavy atom. The summed E-state index contributed by atoms with van der Waals surface area (Å²) in [6, 6.07) is 11.6. The summed E-state index contributed by atoms with van der Waals surface area (Å²) >= 11 is 1.21. The number of carbonyl (C=O) groups excluding carboxylic acids is 2. The summed E-state index contributed by atoms with van der Waals surface area (Å²) in [5.41, 5.74) is 1.49. The highest BCUT2D eigenvalue weighted by Crippen LogP contribution is 2.19. The van der Waals surface area contributed by atoms with Crippen LogP contribution in [0.5, 0.6) is 0 Å². The number of carbonyl (C=O) groups is 2. The number of rotatable bonds is 7. The first-order chi connectivity index (χ1) is 14.0. The van der Waals surface area contributed by atoms with E-state index in [4.69, 9.17) is 0 Å². The van der Waals surface area contributed by atoms with E-state index in [-0.39, 0.29) is 23.5 Å². The highest BCUT2D eigenvalue weighted by atomic mass is 32.1. The van der Waals surface area contributed by atoms with E-state index in [1.165, 1.54) is 11.3 Å². The molecular weight excluding hydrogens is 388 g/mol. The van der Waals surface area contributed by atoms with Crippen LogP contribution in [0.1, 0.15) is 26.4 Å². The average molecular weight is 410 g/mol. The van der Waals surface area contributed by atoms with Crippen LogP contribution in [0, 0.1) is 6.92 Å². The van der Waals surface area contributed by atoms with E-state index in [0.29, 0.717) is 23.7 Å². The fourth-order valence-electron chi connectivity index (χ4n) is 2.86. The first-order valence-corrected chi connectivity index (χ1v) is 10.00. The third-order valence-corrected chi connectivity index (χ3v) is 5.39. The quantitative estimate of drug-likeness (QED) is 0.626. The van der Waals surface area contributed by atoms with E-state index < -0.39 is 5.91 Å². The molecule has 0 saturated heterocycles. The van der Waals surface area contributed by atoms with E-state index in [2.05, 4.69) is 15.6 Å². The van der Waals surface area contributed by atoms with Crippen molar-refractivity contribution in [3.8, 4) is 0 Å². The van der Waals surface area contributed by atoms with Gasteiger partial charge in [-0.15, -0.1) is 11.3 Å². The van der Waals surface area contributed by atoms with Crippen molar-refractivity contribution in [1.29, 1.82) is 0 Å². The normalized spacial score (nSPS) is 10.6. The minimum Gasteiger partial charge on any atom is -0.359 e. The molecule has 0 aliphatic heterocycles. The Morgan fingerprint density at radius 2 is 1.93 bits per heavy atom. The molecule has 0 saturated carbocycles. The van der Waals surface area contributed by atoms with Gasteiger partial charge in [0.1, 0.15) is 5.56 Å². The number of aryl methyl sites for hydroxylation is 3. The Kier molecular flexibility index (Phi) is 6.56. The lowest BCUT2D eigenvalue weighted by Gasteiger charge is -2.10. The van der Waals surface area contributed by atoms with Crippen LogP contribution in [0.25, 0.3) is 0 Å². The Hall–Kier alpha value is -3.26. The number of hydrogen-bond donors (Lipinski definition) is 2. The maximum atomic E-state index is 12.9. The Balaban J connectivity index is 1.74. The van der Waals surface area contributed by atoms with Gasteiger partial charge in [-0.25, -0.2) is 4.98 Å². The van der Waals surface area contributed by atoms with Gasteiger partial charge in [-0.3, -0.25) is 19.7 Å². The zero-order valence-corrected chi connectivity index (χ0v) is 17.1. The molecule has 3 aromatic rings. The molecule has 0 unspecified atom stereocenters. The van der Waals surface area contributed by atoms with Crippen LogP contribution in [0.15, 0.2) is 53.6 Å². The Bertz CT molecular complexity index is 1070. The molecule has 0 spiro atoms. The van der Waals surface area contributed by atoms with Crippen molar-refractivity contribution in [2.75, 3.05) is 12.4 Å². The number of benzene rings is 1. The van der Waals surface area contributed by atoms with Crippen LogP contribution < -0.4 is 16.2 Å². The van der Waals surface area contributed by atoms with Crippen molar-refractivity contribution in [1.82, 2.24) is 14.9 Å². The molecule has 0 aliphatic carbocycles. The summed E-state index contributed by atoms with van der Waals surface area (Å²) in [6.07, 6.45) is 4.15. The number of nitrogens with one attached hydrogen (secondary N) is 2. The van der Waals surface area contributed by atoms with Crippen LogP contribution in [-0.4, -0.2) is 28.4 Å². The number of likely N-dealkylation sites (N-methyl/N-ethyl adjacent to an activating group) is 1. The smallest absolute Gasteiger partial charge is 0.263 e. The maximum Gasteiger partial charge on any atom is 0.263 e. The molecule has 150 valence electrons. The van der Waals surface area contributed by atoms with Crippen molar-refractivity contribution >= 4 is 28.3 Å². The Labute approximate surface area is 172 Å². The van der Waals surface area contributed by atoms with E-state index in [1.54, 1.807) is 37.0 Å². The summed E-state index contributed by atoms with van der Waals surface area (Å²) in [5, 5.41) is 5.57. The summed E-state index contributed by atoms with van der Waals surface area (Å²) in [4.78, 5) is 41.9. The van der Waals surface area contributed by atoms with E-state index in [9.17, 15) is 14.4 Å². The molecule has 7 nitrogen and oxygen atoms in total. The van der Waals surface area contributed by atoms with Crippen molar-refractivity contribution < 1.29 is 9.59 Å². The molecule has 1 aromatic carbocycles. The van der Waals surface area contributed by atoms with Crippen molar-refractivity contribution in [2.24, 2.45) is 0 Å². The van der Waals surface area contributed by atoms with Crippen molar-refractivity contribution in [3.63, 3.8) is 0 Å². The van der Waals surface area contributed by atoms with Crippen molar-refractivity contribution in [3.05, 3.63) is 80.7 Å². The van der Waals surface area contributed by atoms with Crippen LogP contribution in [0.4, 0.5) is 5.13 Å². The third kappa shape index (κ3) is 5.17. The van der Waals surface area contributed by atoms with Gasteiger partial charge >= 0.3 is 0 Å². The second-order valence-electron chi connectivity index (χ2n) is 6.54. The average Bonchev–Trinajstić information content (AvgIpc) is 3.14. The summed E-state index contributed by atoms with van der Waals surface area (Å²) in [5.74, 6) is -0.630. The molecular formula is C21H22N4O3S. The number of hydrogen-bond acceptors (Lipinski definition) is 5. The molecule has 8 heteroatoms. The molecule has 2 heterocycles. The lowest BCUT2D eigenvalue weighted by atomic mass is 10.1. The van der Waals surface area contributed by atoms with Crippen LogP contribution in [0.3, 0.4) is 0 Å². The second-order valence-corrected chi connectivity index (χ2v) is 7.66. The summed E-state index contributed by atoms with van der Waals surface area (Å²) in [6.45, 7) is 2.22. The molecule has 2 aromatic heterocycles.